The second kappa shape index (κ2) is 12.9. The minimum Gasteiger partial charge on any atom is -0.316 e. The summed E-state index contributed by atoms with van der Waals surface area (Å²) in [5.41, 5.74) is 13.8. The average molecular weight is 679 g/mol. The first kappa shape index (κ1) is 30.6. The highest BCUT2D eigenvalue weighted by molar-refractivity contribution is 6.14. The minimum absolute atomic E-state index is 1.09. The topological polar surface area (TPSA) is 26.0 Å². The predicted molar refractivity (Wildman–Crippen MR) is 221 cm³/mol. The van der Waals surface area contributed by atoms with E-state index in [1.54, 1.807) is 0 Å². The van der Waals surface area contributed by atoms with Crippen molar-refractivity contribution in [2.24, 2.45) is 0 Å². The van der Waals surface area contributed by atoms with E-state index in [1.807, 2.05) is 12.4 Å². The van der Waals surface area contributed by atoms with Crippen LogP contribution in [0.2, 0.25) is 0 Å². The van der Waals surface area contributed by atoms with Gasteiger partial charge in [-0.15, -0.1) is 0 Å². The number of hydrogen-bond donors (Lipinski definition) is 0. The quantitative estimate of drug-likeness (QED) is 0.168. The van der Waals surface area contributed by atoms with Crippen LogP contribution in [0.3, 0.4) is 0 Å². The third-order valence-electron chi connectivity index (χ3n) is 10.2. The molecule has 10 rings (SSSR count). The molecule has 0 unspecified atom stereocenters. The number of rotatable bonds is 7. The Hall–Kier alpha value is -7.17. The zero-order chi connectivity index (χ0) is 35.1. The zero-order valence-electron chi connectivity index (χ0n) is 28.9. The van der Waals surface area contributed by atoms with Gasteiger partial charge in [0, 0.05) is 63.2 Å². The maximum atomic E-state index is 4.21. The number of pyridine rings is 1. The molecule has 4 nitrogen and oxygen atoms in total. The fraction of sp³-hybridized carbons (Fsp3) is 0. The van der Waals surface area contributed by atoms with Gasteiger partial charge in [0.05, 0.1) is 16.6 Å². The third-order valence-corrected chi connectivity index (χ3v) is 10.2. The Balaban J connectivity index is 1.17. The molecule has 0 bridgehead atoms. The van der Waals surface area contributed by atoms with E-state index in [1.165, 1.54) is 43.8 Å². The largest absolute Gasteiger partial charge is 0.316 e. The lowest BCUT2D eigenvalue weighted by atomic mass is 10.0. The van der Waals surface area contributed by atoms with Gasteiger partial charge in [0.15, 0.2) is 0 Å². The molecule has 0 atom stereocenters. The zero-order valence-corrected chi connectivity index (χ0v) is 28.9. The van der Waals surface area contributed by atoms with E-state index in [4.69, 9.17) is 0 Å². The van der Waals surface area contributed by atoms with Crippen LogP contribution in [0.25, 0.3) is 66.3 Å². The molecule has 0 spiro atoms. The van der Waals surface area contributed by atoms with Crippen LogP contribution < -0.4 is 4.90 Å². The van der Waals surface area contributed by atoms with Crippen molar-refractivity contribution in [3.8, 4) is 33.6 Å². The molecule has 7 aromatic carbocycles. The molecule has 0 radical (unpaired) electrons. The molecular formula is C49H34N4. The number of para-hydroxylation sites is 2. The summed E-state index contributed by atoms with van der Waals surface area (Å²) < 4.78 is 4.68. The average Bonchev–Trinajstić information content (AvgIpc) is 3.80. The van der Waals surface area contributed by atoms with Crippen molar-refractivity contribution < 1.29 is 0 Å². The van der Waals surface area contributed by atoms with Crippen LogP contribution >= 0.6 is 0 Å². The van der Waals surface area contributed by atoms with Gasteiger partial charge in [-0.2, -0.15) is 0 Å². The molecule has 0 fully saturated rings. The monoisotopic (exact) mass is 678 g/mol. The molecule has 0 aliphatic carbocycles. The fourth-order valence-electron chi connectivity index (χ4n) is 7.67. The van der Waals surface area contributed by atoms with Crippen LogP contribution in [0.5, 0.6) is 0 Å². The Morgan fingerprint density at radius 2 is 0.906 bits per heavy atom. The number of hydrogen-bond acceptors (Lipinski definition) is 2. The highest BCUT2D eigenvalue weighted by atomic mass is 15.1. The van der Waals surface area contributed by atoms with E-state index < -0.39 is 0 Å². The lowest BCUT2D eigenvalue weighted by Gasteiger charge is -2.26. The highest BCUT2D eigenvalue weighted by Gasteiger charge is 2.19. The smallest absolute Gasteiger partial charge is 0.0562 e. The first-order valence-electron chi connectivity index (χ1n) is 17.9. The summed E-state index contributed by atoms with van der Waals surface area (Å²) in [6.07, 6.45) is 5.86. The molecule has 4 heteroatoms. The summed E-state index contributed by atoms with van der Waals surface area (Å²) in [6, 6.07) is 67.5. The number of fused-ring (bicyclic) bond motifs is 4. The molecule has 3 heterocycles. The second-order valence-electron chi connectivity index (χ2n) is 13.4. The van der Waals surface area contributed by atoms with Gasteiger partial charge in [-0.05, 0) is 119 Å². The summed E-state index contributed by atoms with van der Waals surface area (Å²) in [7, 11) is 0. The third kappa shape index (κ3) is 5.45. The lowest BCUT2D eigenvalue weighted by molar-refractivity contribution is 1.12. The van der Waals surface area contributed by atoms with Crippen LogP contribution in [0.4, 0.5) is 17.1 Å². The minimum atomic E-state index is 1.09. The summed E-state index contributed by atoms with van der Waals surface area (Å²) in [4.78, 5) is 6.57. The number of nitrogens with zero attached hydrogens (tertiary/aromatic N) is 4. The van der Waals surface area contributed by atoms with E-state index in [-0.39, 0.29) is 0 Å². The van der Waals surface area contributed by atoms with Gasteiger partial charge in [-0.3, -0.25) is 4.98 Å². The summed E-state index contributed by atoms with van der Waals surface area (Å²) in [5.74, 6) is 0. The Morgan fingerprint density at radius 3 is 1.55 bits per heavy atom. The van der Waals surface area contributed by atoms with Crippen molar-refractivity contribution >= 4 is 49.8 Å². The van der Waals surface area contributed by atoms with Crippen LogP contribution in [-0.2, 0) is 0 Å². The standard InChI is InChI=1S/C49H34N4/c1-4-10-35(11-5-1)36-16-20-42(21-17-36)52(43-22-18-37(19-23-43)38-26-29-50-30-27-38)44-24-25-47-46(33-44)45-32-39-28-31-51(40-12-6-2-7-13-40)48(39)34-49(45)53(47)41-14-8-3-9-15-41/h1-34H. The molecular weight excluding hydrogens is 645 g/mol. The molecule has 0 saturated carbocycles. The molecule has 53 heavy (non-hydrogen) atoms. The van der Waals surface area contributed by atoms with E-state index in [0.717, 1.165) is 39.6 Å². The normalized spacial score (nSPS) is 11.4. The van der Waals surface area contributed by atoms with Gasteiger partial charge in [0.2, 0.25) is 0 Å². The Morgan fingerprint density at radius 1 is 0.377 bits per heavy atom. The molecule has 0 saturated heterocycles. The van der Waals surface area contributed by atoms with Gasteiger partial charge in [0.1, 0.15) is 0 Å². The summed E-state index contributed by atoms with van der Waals surface area (Å²) in [6.45, 7) is 0. The first-order chi connectivity index (χ1) is 26.3. The predicted octanol–water partition coefficient (Wildman–Crippen LogP) is 12.9. The number of benzene rings is 7. The Kier molecular flexibility index (Phi) is 7.43. The van der Waals surface area contributed by atoms with E-state index in [9.17, 15) is 0 Å². The van der Waals surface area contributed by atoms with Crippen LogP contribution in [0, 0.1) is 0 Å². The van der Waals surface area contributed by atoms with Gasteiger partial charge < -0.3 is 14.0 Å². The summed E-state index contributed by atoms with van der Waals surface area (Å²) >= 11 is 0. The molecule has 10 aromatic rings. The Bertz CT molecular complexity index is 2760. The van der Waals surface area contributed by atoms with Crippen molar-refractivity contribution in [2.75, 3.05) is 4.90 Å². The van der Waals surface area contributed by atoms with Crippen molar-refractivity contribution in [3.05, 3.63) is 207 Å². The Labute approximate surface area is 308 Å². The van der Waals surface area contributed by atoms with E-state index >= 15 is 0 Å². The lowest BCUT2D eigenvalue weighted by Crippen LogP contribution is -2.10. The van der Waals surface area contributed by atoms with Crippen molar-refractivity contribution in [2.45, 2.75) is 0 Å². The highest BCUT2D eigenvalue weighted by Crippen LogP contribution is 2.42. The molecule has 0 N–H and O–H groups in total. The van der Waals surface area contributed by atoms with Crippen LogP contribution in [-0.4, -0.2) is 14.1 Å². The second-order valence-corrected chi connectivity index (χ2v) is 13.4. The molecule has 0 aliphatic heterocycles. The van der Waals surface area contributed by atoms with Crippen molar-refractivity contribution in [1.82, 2.24) is 14.1 Å². The van der Waals surface area contributed by atoms with Crippen molar-refractivity contribution in [1.29, 1.82) is 0 Å². The van der Waals surface area contributed by atoms with E-state index in [2.05, 4.69) is 213 Å². The number of aromatic nitrogens is 3. The number of anilines is 3. The maximum absolute atomic E-state index is 4.21. The van der Waals surface area contributed by atoms with Gasteiger partial charge in [-0.1, -0.05) is 91.0 Å². The van der Waals surface area contributed by atoms with E-state index in [0.29, 0.717) is 0 Å². The van der Waals surface area contributed by atoms with Crippen LogP contribution in [0.15, 0.2) is 207 Å². The van der Waals surface area contributed by atoms with Crippen LogP contribution in [0.1, 0.15) is 0 Å². The first-order valence-corrected chi connectivity index (χ1v) is 17.9. The molecule has 0 amide bonds. The van der Waals surface area contributed by atoms with Crippen molar-refractivity contribution in [3.63, 3.8) is 0 Å². The van der Waals surface area contributed by atoms with Gasteiger partial charge >= 0.3 is 0 Å². The molecule has 250 valence electrons. The SMILES string of the molecule is c1ccc(-c2ccc(N(c3ccc(-c4ccncc4)cc3)c3ccc4c(c3)c3cc5ccn(-c6ccccc6)c5cc3n4-c3ccccc3)cc2)cc1. The molecule has 3 aromatic heterocycles. The van der Waals surface area contributed by atoms with Gasteiger partial charge in [0.25, 0.3) is 0 Å². The maximum Gasteiger partial charge on any atom is 0.0562 e. The van der Waals surface area contributed by atoms with Gasteiger partial charge in [-0.25, -0.2) is 0 Å². The summed E-state index contributed by atoms with van der Waals surface area (Å²) in [5, 5.41) is 3.63. The fourth-order valence-corrected chi connectivity index (χ4v) is 7.67. The molecule has 0 aliphatic rings.